The third-order valence-electron chi connectivity index (χ3n) is 5.29. The van der Waals surface area contributed by atoms with Crippen molar-refractivity contribution in [2.75, 3.05) is 11.4 Å². The zero-order chi connectivity index (χ0) is 20.9. The number of anilines is 1. The van der Waals surface area contributed by atoms with E-state index in [9.17, 15) is 14.7 Å². The zero-order valence-electron chi connectivity index (χ0n) is 16.9. The first-order valence-electron chi connectivity index (χ1n) is 10.1. The lowest BCUT2D eigenvalue weighted by molar-refractivity contribution is -0.156. The molecule has 2 aromatic rings. The summed E-state index contributed by atoms with van der Waals surface area (Å²) in [6, 6.07) is 2.73. The number of imidazole rings is 1. The Hall–Kier alpha value is -2.64. The Morgan fingerprint density at radius 2 is 2.00 bits per heavy atom. The van der Waals surface area contributed by atoms with Crippen LogP contribution in [0.3, 0.4) is 0 Å². The molecular formula is C21H26FN3O4. The molecule has 1 aromatic carbocycles. The van der Waals surface area contributed by atoms with Crippen molar-refractivity contribution in [1.29, 1.82) is 0 Å². The Morgan fingerprint density at radius 1 is 1.28 bits per heavy atom. The second-order valence-corrected chi connectivity index (χ2v) is 8.88. The first-order valence-corrected chi connectivity index (χ1v) is 10.1. The van der Waals surface area contributed by atoms with Gasteiger partial charge in [-0.15, -0.1) is 0 Å². The number of hydrogen-bond donors (Lipinski definition) is 1. The number of hydrogen-bond acceptors (Lipinski definition) is 5. The second-order valence-electron chi connectivity index (χ2n) is 8.88. The van der Waals surface area contributed by atoms with E-state index in [0.29, 0.717) is 30.0 Å². The van der Waals surface area contributed by atoms with E-state index in [-0.39, 0.29) is 18.4 Å². The topological polar surface area (TPSA) is 84.7 Å². The summed E-state index contributed by atoms with van der Waals surface area (Å²) >= 11 is 0. The normalized spacial score (nSPS) is 19.7. The molecule has 8 heteroatoms. The number of carbonyl (C=O) groups is 2. The number of benzene rings is 1. The molecule has 4 rings (SSSR count). The van der Waals surface area contributed by atoms with Crippen LogP contribution in [0.25, 0.3) is 11.0 Å². The number of esters is 1. The molecule has 1 aliphatic heterocycles. The lowest BCUT2D eigenvalue weighted by Crippen LogP contribution is -2.41. The van der Waals surface area contributed by atoms with E-state index in [2.05, 4.69) is 4.98 Å². The van der Waals surface area contributed by atoms with E-state index in [1.807, 2.05) is 25.3 Å². The smallest absolute Gasteiger partial charge is 0.329 e. The molecule has 2 heterocycles. The van der Waals surface area contributed by atoms with E-state index in [1.165, 1.54) is 6.07 Å². The zero-order valence-corrected chi connectivity index (χ0v) is 16.9. The number of rotatable bonds is 5. The maximum atomic E-state index is 15.0. The van der Waals surface area contributed by atoms with E-state index >= 15 is 4.39 Å². The molecule has 1 atom stereocenters. The molecule has 1 unspecified atom stereocenters. The van der Waals surface area contributed by atoms with Crippen molar-refractivity contribution in [2.24, 2.45) is 0 Å². The van der Waals surface area contributed by atoms with Gasteiger partial charge in [-0.05, 0) is 52.5 Å². The molecule has 1 aromatic heterocycles. The van der Waals surface area contributed by atoms with Crippen molar-refractivity contribution in [2.45, 2.75) is 70.6 Å². The molecule has 156 valence electrons. The van der Waals surface area contributed by atoms with Crippen LogP contribution in [0.15, 0.2) is 12.1 Å². The summed E-state index contributed by atoms with van der Waals surface area (Å²) in [7, 11) is 0. The van der Waals surface area contributed by atoms with Crippen LogP contribution in [0, 0.1) is 5.82 Å². The molecule has 1 saturated heterocycles. The average molecular weight is 403 g/mol. The van der Waals surface area contributed by atoms with Crippen molar-refractivity contribution in [3.63, 3.8) is 0 Å². The van der Waals surface area contributed by atoms with Crippen LogP contribution in [-0.2, 0) is 20.7 Å². The molecular weight excluding hydrogens is 377 g/mol. The molecule has 0 spiro atoms. The summed E-state index contributed by atoms with van der Waals surface area (Å²) in [5.41, 5.74) is 0.899. The van der Waals surface area contributed by atoms with Gasteiger partial charge in [-0.3, -0.25) is 4.79 Å². The summed E-state index contributed by atoms with van der Waals surface area (Å²) in [5, 5.41) is 9.20. The van der Waals surface area contributed by atoms with Crippen LogP contribution in [0.1, 0.15) is 58.3 Å². The first kappa shape index (κ1) is 19.7. The van der Waals surface area contributed by atoms with Crippen molar-refractivity contribution in [3.8, 4) is 0 Å². The van der Waals surface area contributed by atoms with E-state index < -0.39 is 23.4 Å². The monoisotopic (exact) mass is 403 g/mol. The Balaban J connectivity index is 1.73. The minimum atomic E-state index is -0.965. The lowest BCUT2D eigenvalue weighted by Gasteiger charge is -2.29. The number of nitrogens with zero attached hydrogens (tertiary/aromatic N) is 3. The van der Waals surface area contributed by atoms with Crippen molar-refractivity contribution >= 4 is 28.7 Å². The summed E-state index contributed by atoms with van der Waals surface area (Å²) in [4.78, 5) is 30.0. The third kappa shape index (κ3) is 3.93. The van der Waals surface area contributed by atoms with Gasteiger partial charge in [0.25, 0.3) is 0 Å². The molecule has 1 saturated carbocycles. The second kappa shape index (κ2) is 7.00. The molecule has 29 heavy (non-hydrogen) atoms. The summed E-state index contributed by atoms with van der Waals surface area (Å²) in [6.07, 6.45) is 3.09. The molecule has 7 nitrogen and oxygen atoms in total. The standard InChI is InChI=1S/C21H26FN3O4/c1-21(2,3)29-20(28)15-5-4-8-24(15)16-10-17-14(9-13(16)22)23-18(11-19(26)27)25(17)12-6-7-12/h9-10,12,15H,4-8,11H2,1-3H3,(H,26,27). The predicted octanol–water partition coefficient (Wildman–Crippen LogP) is 3.45. The maximum Gasteiger partial charge on any atom is 0.329 e. The van der Waals surface area contributed by atoms with Crippen molar-refractivity contribution < 1.29 is 23.8 Å². The van der Waals surface area contributed by atoms with Gasteiger partial charge in [0.1, 0.15) is 29.7 Å². The van der Waals surface area contributed by atoms with Gasteiger partial charge in [-0.25, -0.2) is 14.2 Å². The fourth-order valence-corrected chi connectivity index (χ4v) is 4.04. The minimum absolute atomic E-state index is 0.202. The predicted molar refractivity (Wildman–Crippen MR) is 106 cm³/mol. The van der Waals surface area contributed by atoms with Crippen LogP contribution < -0.4 is 4.90 Å². The van der Waals surface area contributed by atoms with Crippen LogP contribution in [0.5, 0.6) is 0 Å². The number of ether oxygens (including phenoxy) is 1. The highest BCUT2D eigenvalue weighted by Gasteiger charge is 2.36. The Morgan fingerprint density at radius 3 is 2.62 bits per heavy atom. The van der Waals surface area contributed by atoms with E-state index in [0.717, 1.165) is 24.8 Å². The van der Waals surface area contributed by atoms with Gasteiger partial charge in [0.2, 0.25) is 0 Å². The average Bonchev–Trinajstić information content (AvgIpc) is 3.19. The highest BCUT2D eigenvalue weighted by Crippen LogP contribution is 2.41. The molecule has 2 fully saturated rings. The summed E-state index contributed by atoms with van der Waals surface area (Å²) in [6.45, 7) is 6.00. The highest BCUT2D eigenvalue weighted by molar-refractivity contribution is 5.86. The molecule has 0 amide bonds. The quantitative estimate of drug-likeness (QED) is 0.770. The maximum absolute atomic E-state index is 15.0. The summed E-state index contributed by atoms with van der Waals surface area (Å²) < 4.78 is 22.5. The van der Waals surface area contributed by atoms with Crippen LogP contribution in [0.4, 0.5) is 10.1 Å². The Kier molecular flexibility index (Phi) is 4.75. The Bertz CT molecular complexity index is 974. The summed E-state index contributed by atoms with van der Waals surface area (Å²) in [5.74, 6) is -1.34. The molecule has 0 radical (unpaired) electrons. The fraction of sp³-hybridized carbons (Fsp3) is 0.571. The number of aliphatic carboxylic acids is 1. The van der Waals surface area contributed by atoms with Gasteiger partial charge in [0, 0.05) is 18.7 Å². The third-order valence-corrected chi connectivity index (χ3v) is 5.29. The lowest BCUT2D eigenvalue weighted by atomic mass is 10.1. The number of carboxylic acids is 1. The van der Waals surface area contributed by atoms with E-state index in [4.69, 9.17) is 4.74 Å². The first-order chi connectivity index (χ1) is 13.6. The molecule has 2 aliphatic rings. The van der Waals surface area contributed by atoms with Crippen LogP contribution in [0.2, 0.25) is 0 Å². The van der Waals surface area contributed by atoms with E-state index in [1.54, 1.807) is 11.0 Å². The largest absolute Gasteiger partial charge is 0.481 e. The molecule has 0 bridgehead atoms. The van der Waals surface area contributed by atoms with Gasteiger partial charge >= 0.3 is 11.9 Å². The van der Waals surface area contributed by atoms with Gasteiger partial charge in [0.05, 0.1) is 16.7 Å². The molecule has 1 aliphatic carbocycles. The minimum Gasteiger partial charge on any atom is -0.481 e. The number of fused-ring (bicyclic) bond motifs is 1. The van der Waals surface area contributed by atoms with Gasteiger partial charge in [0.15, 0.2) is 0 Å². The highest BCUT2D eigenvalue weighted by atomic mass is 19.1. The Labute approximate surface area is 168 Å². The van der Waals surface area contributed by atoms with Crippen LogP contribution in [-0.4, -0.2) is 44.8 Å². The van der Waals surface area contributed by atoms with Crippen molar-refractivity contribution in [1.82, 2.24) is 9.55 Å². The number of aromatic nitrogens is 2. The molecule has 1 N–H and O–H groups in total. The number of carboxylic acid groups (broad SMARTS) is 1. The van der Waals surface area contributed by atoms with Crippen LogP contribution >= 0.6 is 0 Å². The van der Waals surface area contributed by atoms with Gasteiger partial charge < -0.3 is 19.3 Å². The number of halogens is 1. The van der Waals surface area contributed by atoms with Crippen molar-refractivity contribution in [3.05, 3.63) is 23.8 Å². The SMILES string of the molecule is CC(C)(C)OC(=O)C1CCCN1c1cc2c(cc1F)nc(CC(=O)O)n2C1CC1. The van der Waals surface area contributed by atoms with Gasteiger partial charge in [-0.2, -0.15) is 0 Å². The number of carbonyl (C=O) groups excluding carboxylic acids is 1. The fourth-order valence-electron chi connectivity index (χ4n) is 4.04. The van der Waals surface area contributed by atoms with Gasteiger partial charge in [-0.1, -0.05) is 0 Å².